The summed E-state index contributed by atoms with van der Waals surface area (Å²) in [6, 6.07) is 15.2. The average Bonchev–Trinajstić information content (AvgIpc) is 3.01. The number of hydrogen-bond donors (Lipinski definition) is 0. The normalized spacial score (nSPS) is 17.7. The van der Waals surface area contributed by atoms with E-state index in [1.165, 1.54) is 9.30 Å². The number of amides is 1. The van der Waals surface area contributed by atoms with E-state index in [1.54, 1.807) is 55.6 Å². The van der Waals surface area contributed by atoms with Crippen molar-refractivity contribution in [2.45, 2.75) is 38.4 Å². The number of benzene rings is 2. The summed E-state index contributed by atoms with van der Waals surface area (Å²) in [5, 5.41) is 9.27. The zero-order chi connectivity index (χ0) is 31.6. The molecule has 2 aromatic heterocycles. The van der Waals surface area contributed by atoms with Gasteiger partial charge in [-0.2, -0.15) is 18.4 Å². The number of nitriles is 1. The molecule has 0 radical (unpaired) electrons. The van der Waals surface area contributed by atoms with E-state index in [9.17, 15) is 37.0 Å². The minimum Gasteiger partial charge on any atom is -0.616 e. The molecule has 12 heteroatoms. The SMILES string of the molecule is C[C@H](c1nc2ccccn2c(=O)c1-c1ccc(C#N)cc1)N(C[C@H]1CC[S@@+]([O-])CC1)C(=O)Cc1ccc(F)c(C(F)(F)F)c1. The number of hydrogen-bond acceptors (Lipinski definition) is 5. The fourth-order valence-electron chi connectivity index (χ4n) is 5.49. The lowest BCUT2D eigenvalue weighted by Crippen LogP contribution is -2.41. The number of carbonyl (C=O) groups excluding carboxylic acids is 1. The number of nitrogens with zero attached hydrogens (tertiary/aromatic N) is 4. The molecular formula is C32H28F4N4O3S. The number of rotatable bonds is 7. The van der Waals surface area contributed by atoms with Gasteiger partial charge in [-0.3, -0.25) is 14.0 Å². The van der Waals surface area contributed by atoms with Crippen molar-refractivity contribution >= 4 is 22.7 Å². The molecule has 0 N–H and O–H groups in total. The summed E-state index contributed by atoms with van der Waals surface area (Å²) in [7, 11) is 0. The van der Waals surface area contributed by atoms with E-state index < -0.39 is 52.7 Å². The predicted octanol–water partition coefficient (Wildman–Crippen LogP) is 5.68. The molecule has 44 heavy (non-hydrogen) atoms. The van der Waals surface area contributed by atoms with Gasteiger partial charge in [0.1, 0.15) is 23.0 Å². The monoisotopic (exact) mass is 624 g/mol. The van der Waals surface area contributed by atoms with Gasteiger partial charge in [-0.25, -0.2) is 9.37 Å². The topological polar surface area (TPSA) is 102 Å². The fraction of sp³-hybridized carbons (Fsp3) is 0.312. The Kier molecular flexibility index (Phi) is 9.08. The second kappa shape index (κ2) is 12.8. The largest absolute Gasteiger partial charge is 0.616 e. The predicted molar refractivity (Wildman–Crippen MR) is 157 cm³/mol. The molecule has 1 amide bonds. The van der Waals surface area contributed by atoms with E-state index in [0.717, 1.165) is 6.07 Å². The first-order valence-corrected chi connectivity index (χ1v) is 15.5. The Morgan fingerprint density at radius 1 is 1.16 bits per heavy atom. The maximum Gasteiger partial charge on any atom is 0.419 e. The van der Waals surface area contributed by atoms with Crippen LogP contribution in [-0.2, 0) is 28.6 Å². The molecule has 1 fully saturated rings. The Hall–Kier alpha value is -4.21. The van der Waals surface area contributed by atoms with Crippen LogP contribution in [0.2, 0.25) is 0 Å². The average molecular weight is 625 g/mol. The summed E-state index contributed by atoms with van der Waals surface area (Å²) in [4.78, 5) is 34.1. The molecule has 228 valence electrons. The molecule has 0 unspecified atom stereocenters. The number of fused-ring (bicyclic) bond motifs is 1. The maximum absolute atomic E-state index is 14.0. The standard InChI is InChI=1S/C32H28F4N4O3S/c1-20(30-29(24-8-5-21(18-37)6-9-24)31(42)39-13-3-2-4-27(39)38-30)40(19-22-11-14-44(43)15-12-22)28(41)17-23-7-10-26(33)25(16-23)32(34,35)36/h2-10,13,16,20,22H,11-12,14-15,17,19H2,1H3/t20-,22-,44+/m1/s1. The van der Waals surface area contributed by atoms with E-state index in [-0.39, 0.29) is 29.3 Å². The molecule has 2 aromatic carbocycles. The van der Waals surface area contributed by atoms with Crippen molar-refractivity contribution in [1.82, 2.24) is 14.3 Å². The number of carbonyl (C=O) groups is 1. The lowest BCUT2D eigenvalue weighted by molar-refractivity contribution is -0.140. The summed E-state index contributed by atoms with van der Waals surface area (Å²) >= 11 is -0.953. The highest BCUT2D eigenvalue weighted by molar-refractivity contribution is 7.91. The van der Waals surface area contributed by atoms with Crippen molar-refractivity contribution in [2.75, 3.05) is 18.1 Å². The van der Waals surface area contributed by atoms with Crippen LogP contribution in [-0.4, -0.2) is 42.8 Å². The first-order valence-electron chi connectivity index (χ1n) is 14.0. The molecule has 0 spiro atoms. The summed E-state index contributed by atoms with van der Waals surface area (Å²) in [6.45, 7) is 1.91. The number of alkyl halides is 3. The van der Waals surface area contributed by atoms with Gasteiger partial charge in [-0.05, 0) is 73.2 Å². The molecule has 4 aromatic rings. The summed E-state index contributed by atoms with van der Waals surface area (Å²) in [5.41, 5.74) is -0.143. The molecule has 7 nitrogen and oxygen atoms in total. The van der Waals surface area contributed by atoms with E-state index in [0.29, 0.717) is 53.3 Å². The van der Waals surface area contributed by atoms with Gasteiger partial charge in [-0.1, -0.05) is 35.4 Å². The molecule has 0 saturated carbocycles. The van der Waals surface area contributed by atoms with Gasteiger partial charge in [0.2, 0.25) is 5.91 Å². The van der Waals surface area contributed by atoms with Crippen LogP contribution in [0.4, 0.5) is 17.6 Å². The van der Waals surface area contributed by atoms with E-state index >= 15 is 0 Å². The molecule has 5 rings (SSSR count). The highest BCUT2D eigenvalue weighted by Gasteiger charge is 2.35. The highest BCUT2D eigenvalue weighted by Crippen LogP contribution is 2.34. The Bertz CT molecular complexity index is 1780. The van der Waals surface area contributed by atoms with Crippen LogP contribution < -0.4 is 5.56 Å². The lowest BCUT2D eigenvalue weighted by atomic mass is 9.96. The second-order valence-corrected chi connectivity index (χ2v) is 12.5. The minimum absolute atomic E-state index is 0.00970. The zero-order valence-electron chi connectivity index (χ0n) is 23.7. The Morgan fingerprint density at radius 3 is 2.52 bits per heavy atom. The Morgan fingerprint density at radius 2 is 1.86 bits per heavy atom. The van der Waals surface area contributed by atoms with Gasteiger partial charge in [-0.15, -0.1) is 0 Å². The fourth-order valence-corrected chi connectivity index (χ4v) is 6.89. The van der Waals surface area contributed by atoms with Crippen LogP contribution in [0.25, 0.3) is 16.8 Å². The van der Waals surface area contributed by atoms with Crippen LogP contribution in [0.5, 0.6) is 0 Å². The third-order valence-corrected chi connectivity index (χ3v) is 9.28. The van der Waals surface area contributed by atoms with E-state index in [1.807, 2.05) is 6.07 Å². The number of pyridine rings is 1. The van der Waals surface area contributed by atoms with Crippen molar-refractivity contribution in [3.63, 3.8) is 0 Å². The summed E-state index contributed by atoms with van der Waals surface area (Å²) < 4.78 is 67.6. The highest BCUT2D eigenvalue weighted by atomic mass is 32.2. The maximum atomic E-state index is 14.0. The first-order chi connectivity index (χ1) is 21.0. The quantitative estimate of drug-likeness (QED) is 0.195. The summed E-state index contributed by atoms with van der Waals surface area (Å²) in [5.74, 6) is -1.04. The Labute approximate surface area is 253 Å². The molecule has 0 bridgehead atoms. The van der Waals surface area contributed by atoms with Gasteiger partial charge in [0.15, 0.2) is 0 Å². The van der Waals surface area contributed by atoms with Gasteiger partial charge < -0.3 is 9.45 Å². The molecule has 3 heterocycles. The van der Waals surface area contributed by atoms with Crippen molar-refractivity contribution in [3.8, 4) is 17.2 Å². The summed E-state index contributed by atoms with van der Waals surface area (Å²) in [6.07, 6.45) is -2.61. The lowest BCUT2D eigenvalue weighted by Gasteiger charge is -2.35. The molecule has 0 aliphatic carbocycles. The number of aromatic nitrogens is 2. The van der Waals surface area contributed by atoms with Crippen molar-refractivity contribution in [2.24, 2.45) is 5.92 Å². The van der Waals surface area contributed by atoms with E-state index in [2.05, 4.69) is 0 Å². The van der Waals surface area contributed by atoms with E-state index in [4.69, 9.17) is 4.98 Å². The second-order valence-electron chi connectivity index (χ2n) is 10.8. The smallest absolute Gasteiger partial charge is 0.419 e. The molecule has 1 aliphatic rings. The molecule has 1 saturated heterocycles. The third-order valence-electron chi connectivity index (χ3n) is 7.90. The third kappa shape index (κ3) is 6.64. The van der Waals surface area contributed by atoms with Gasteiger partial charge in [0.05, 0.1) is 40.9 Å². The van der Waals surface area contributed by atoms with Gasteiger partial charge >= 0.3 is 6.18 Å². The Balaban J connectivity index is 1.59. The van der Waals surface area contributed by atoms with Crippen LogP contribution in [0, 0.1) is 23.1 Å². The van der Waals surface area contributed by atoms with Crippen LogP contribution in [0.3, 0.4) is 0 Å². The van der Waals surface area contributed by atoms with Gasteiger partial charge in [0.25, 0.3) is 5.56 Å². The minimum atomic E-state index is -4.93. The molecule has 1 aliphatic heterocycles. The van der Waals surface area contributed by atoms with Crippen LogP contribution >= 0.6 is 0 Å². The first kappa shape index (κ1) is 31.2. The van der Waals surface area contributed by atoms with Crippen molar-refractivity contribution in [3.05, 3.63) is 105 Å². The van der Waals surface area contributed by atoms with Crippen molar-refractivity contribution in [1.29, 1.82) is 5.26 Å². The molecule has 1 atom stereocenters. The van der Waals surface area contributed by atoms with Crippen LogP contribution in [0.1, 0.15) is 48.2 Å². The zero-order valence-corrected chi connectivity index (χ0v) is 24.5. The van der Waals surface area contributed by atoms with Crippen molar-refractivity contribution < 1.29 is 26.9 Å². The number of halogens is 4. The molecular weight excluding hydrogens is 596 g/mol. The van der Waals surface area contributed by atoms with Crippen LogP contribution in [0.15, 0.2) is 71.7 Å². The van der Waals surface area contributed by atoms with Gasteiger partial charge in [0, 0.05) is 12.7 Å².